The van der Waals surface area contributed by atoms with Gasteiger partial charge in [-0.3, -0.25) is 10.1 Å². The molecule has 1 aromatic carbocycles. The molecule has 1 aromatic heterocycles. The van der Waals surface area contributed by atoms with Crippen molar-refractivity contribution in [2.24, 2.45) is 7.05 Å². The van der Waals surface area contributed by atoms with Gasteiger partial charge >= 0.3 is 0 Å². The number of nitro benzene ring substituents is 1. The highest BCUT2D eigenvalue weighted by Crippen LogP contribution is 2.29. The Balaban J connectivity index is 0.00000225. The van der Waals surface area contributed by atoms with E-state index in [4.69, 9.17) is 0 Å². The molecule has 136 valence electrons. The van der Waals surface area contributed by atoms with Crippen molar-refractivity contribution in [1.82, 2.24) is 19.2 Å². The maximum atomic E-state index is 13.0. The highest BCUT2D eigenvalue weighted by Gasteiger charge is 2.36. The third kappa shape index (κ3) is 3.66. The monoisotopic (exact) mass is 387 g/mol. The van der Waals surface area contributed by atoms with E-state index in [1.165, 1.54) is 22.5 Å². The largest absolute Gasteiger partial charge is 0.337 e. The fraction of sp³-hybridized carbons (Fsp3) is 0.357. The number of nitrogens with one attached hydrogen (secondary N) is 1. The van der Waals surface area contributed by atoms with Crippen LogP contribution in [0.5, 0.6) is 0 Å². The van der Waals surface area contributed by atoms with Crippen LogP contribution in [0, 0.1) is 10.1 Å². The Morgan fingerprint density at radius 3 is 2.80 bits per heavy atom. The van der Waals surface area contributed by atoms with E-state index in [9.17, 15) is 18.5 Å². The van der Waals surface area contributed by atoms with Crippen molar-refractivity contribution in [2.75, 3.05) is 19.6 Å². The van der Waals surface area contributed by atoms with Gasteiger partial charge in [0, 0.05) is 51.2 Å². The number of benzene rings is 1. The fourth-order valence-corrected chi connectivity index (χ4v) is 4.41. The number of nitro groups is 1. The molecule has 2 aromatic rings. The zero-order chi connectivity index (χ0) is 17.3. The summed E-state index contributed by atoms with van der Waals surface area (Å²) in [6.45, 7) is 1.21. The second-order valence-electron chi connectivity index (χ2n) is 5.49. The van der Waals surface area contributed by atoms with Gasteiger partial charge in [0.1, 0.15) is 5.82 Å². The Morgan fingerprint density at radius 2 is 2.16 bits per heavy atom. The molecule has 1 saturated heterocycles. The lowest BCUT2D eigenvalue weighted by atomic mass is 10.2. The lowest BCUT2D eigenvalue weighted by Crippen LogP contribution is -2.49. The Hall–Kier alpha value is -2.01. The number of aromatic nitrogens is 2. The van der Waals surface area contributed by atoms with Gasteiger partial charge in [0.15, 0.2) is 0 Å². The maximum Gasteiger partial charge on any atom is 0.270 e. The summed E-state index contributed by atoms with van der Waals surface area (Å²) in [4.78, 5) is 14.5. The third-order valence-corrected chi connectivity index (χ3v) is 5.89. The molecule has 0 aliphatic carbocycles. The van der Waals surface area contributed by atoms with E-state index in [1.54, 1.807) is 24.0 Å². The number of non-ortho nitro benzene ring substituents is 1. The summed E-state index contributed by atoms with van der Waals surface area (Å²) < 4.78 is 29.2. The molecule has 1 unspecified atom stereocenters. The topological polar surface area (TPSA) is 110 Å². The minimum atomic E-state index is -3.87. The molecule has 1 fully saturated rings. The summed E-state index contributed by atoms with van der Waals surface area (Å²) >= 11 is 0. The van der Waals surface area contributed by atoms with Crippen LogP contribution in [0.2, 0.25) is 0 Å². The molecule has 1 N–H and O–H groups in total. The highest BCUT2D eigenvalue weighted by atomic mass is 35.5. The molecule has 0 radical (unpaired) electrons. The molecule has 1 aliphatic heterocycles. The lowest BCUT2D eigenvalue weighted by Gasteiger charge is -2.34. The standard InChI is InChI=1S/C14H17N5O4S.ClH/c1-17-7-6-16-14(17)13-10-15-5-8-18(13)24(22,23)12-4-2-3-11(9-12)19(20)21;/h2-4,6-7,9,13,15H,5,8,10H2,1H3;1H. The first-order valence-corrected chi connectivity index (χ1v) is 8.79. The van der Waals surface area contributed by atoms with Crippen molar-refractivity contribution >= 4 is 28.1 Å². The molecule has 1 atom stereocenters. The molecule has 0 saturated carbocycles. The van der Waals surface area contributed by atoms with Gasteiger partial charge in [0.2, 0.25) is 10.0 Å². The molecular formula is C14H18ClN5O4S. The van der Waals surface area contributed by atoms with Crippen LogP contribution in [0.4, 0.5) is 5.69 Å². The molecule has 2 heterocycles. The number of aryl methyl sites for hydroxylation is 1. The maximum absolute atomic E-state index is 13.0. The number of imidazole rings is 1. The van der Waals surface area contributed by atoms with E-state index < -0.39 is 21.0 Å². The normalized spacial score (nSPS) is 18.5. The molecule has 9 nitrogen and oxygen atoms in total. The van der Waals surface area contributed by atoms with E-state index in [-0.39, 0.29) is 29.5 Å². The Bertz CT molecular complexity index is 870. The predicted octanol–water partition coefficient (Wildman–Crippen LogP) is 1.09. The number of rotatable bonds is 4. The Morgan fingerprint density at radius 1 is 1.40 bits per heavy atom. The second kappa shape index (κ2) is 7.48. The summed E-state index contributed by atoms with van der Waals surface area (Å²) in [5.41, 5.74) is -0.250. The van der Waals surface area contributed by atoms with Crippen molar-refractivity contribution in [1.29, 1.82) is 0 Å². The van der Waals surface area contributed by atoms with Gasteiger partial charge in [-0.05, 0) is 6.07 Å². The van der Waals surface area contributed by atoms with Crippen molar-refractivity contribution < 1.29 is 13.3 Å². The highest BCUT2D eigenvalue weighted by molar-refractivity contribution is 7.89. The van der Waals surface area contributed by atoms with Gasteiger partial charge in [-0.1, -0.05) is 6.07 Å². The van der Waals surface area contributed by atoms with Gasteiger partial charge in [-0.25, -0.2) is 13.4 Å². The van der Waals surface area contributed by atoms with E-state index in [0.29, 0.717) is 18.9 Å². The van der Waals surface area contributed by atoms with Crippen LogP contribution in [-0.2, 0) is 17.1 Å². The van der Waals surface area contributed by atoms with Crippen LogP contribution in [0.15, 0.2) is 41.6 Å². The number of halogens is 1. The molecule has 11 heteroatoms. The van der Waals surface area contributed by atoms with Gasteiger partial charge in [-0.2, -0.15) is 4.31 Å². The Kier molecular flexibility index (Phi) is 5.78. The van der Waals surface area contributed by atoms with E-state index >= 15 is 0 Å². The van der Waals surface area contributed by atoms with Crippen LogP contribution in [0.3, 0.4) is 0 Å². The van der Waals surface area contributed by atoms with E-state index in [0.717, 1.165) is 6.07 Å². The van der Waals surface area contributed by atoms with E-state index in [1.807, 2.05) is 0 Å². The van der Waals surface area contributed by atoms with Crippen LogP contribution in [0.25, 0.3) is 0 Å². The first-order valence-electron chi connectivity index (χ1n) is 7.35. The van der Waals surface area contributed by atoms with Crippen molar-refractivity contribution in [3.8, 4) is 0 Å². The van der Waals surface area contributed by atoms with Crippen molar-refractivity contribution in [3.63, 3.8) is 0 Å². The van der Waals surface area contributed by atoms with Crippen LogP contribution >= 0.6 is 12.4 Å². The minimum Gasteiger partial charge on any atom is -0.337 e. The number of hydrogen-bond acceptors (Lipinski definition) is 6. The van der Waals surface area contributed by atoms with E-state index in [2.05, 4.69) is 10.3 Å². The molecular weight excluding hydrogens is 370 g/mol. The molecule has 1 aliphatic rings. The van der Waals surface area contributed by atoms with Crippen molar-refractivity contribution in [2.45, 2.75) is 10.9 Å². The second-order valence-corrected chi connectivity index (χ2v) is 7.38. The molecule has 0 amide bonds. The lowest BCUT2D eigenvalue weighted by molar-refractivity contribution is -0.385. The van der Waals surface area contributed by atoms with Crippen LogP contribution < -0.4 is 5.32 Å². The van der Waals surface area contributed by atoms with Gasteiger partial charge in [-0.15, -0.1) is 12.4 Å². The SMILES string of the molecule is Cl.Cn1ccnc1C1CNCCN1S(=O)(=O)c1cccc([N+](=O)[O-])c1. The summed E-state index contributed by atoms with van der Waals surface area (Å²) in [7, 11) is -2.07. The van der Waals surface area contributed by atoms with Gasteiger partial charge in [0.25, 0.3) is 5.69 Å². The Labute approximate surface area is 151 Å². The quantitative estimate of drug-likeness (QED) is 0.621. The van der Waals surface area contributed by atoms with Crippen molar-refractivity contribution in [3.05, 3.63) is 52.6 Å². The first kappa shape index (κ1) is 19.3. The number of hydrogen-bond donors (Lipinski definition) is 1. The third-order valence-electron chi connectivity index (χ3n) is 3.99. The minimum absolute atomic E-state index is 0. The van der Waals surface area contributed by atoms with Crippen LogP contribution in [0.1, 0.15) is 11.9 Å². The average Bonchev–Trinajstić information content (AvgIpc) is 3.01. The summed E-state index contributed by atoms with van der Waals surface area (Å²) in [6.07, 6.45) is 3.37. The molecule has 0 spiro atoms. The number of piperazine rings is 1. The smallest absolute Gasteiger partial charge is 0.270 e. The van der Waals surface area contributed by atoms with Crippen LogP contribution in [-0.4, -0.2) is 46.8 Å². The fourth-order valence-electron chi connectivity index (χ4n) is 2.78. The molecule has 3 rings (SSSR count). The summed E-state index contributed by atoms with van der Waals surface area (Å²) in [6, 6.07) is 4.64. The average molecular weight is 388 g/mol. The predicted molar refractivity (Wildman–Crippen MR) is 93.1 cm³/mol. The molecule has 25 heavy (non-hydrogen) atoms. The zero-order valence-electron chi connectivity index (χ0n) is 13.4. The summed E-state index contributed by atoms with van der Waals surface area (Å²) in [5.74, 6) is 0.621. The number of nitrogens with zero attached hydrogens (tertiary/aromatic N) is 4. The van der Waals surface area contributed by atoms with Gasteiger partial charge < -0.3 is 9.88 Å². The molecule has 0 bridgehead atoms. The zero-order valence-corrected chi connectivity index (χ0v) is 15.0. The summed E-state index contributed by atoms with van der Waals surface area (Å²) in [5, 5.41) is 14.1. The number of sulfonamides is 1. The first-order chi connectivity index (χ1) is 11.4. The van der Waals surface area contributed by atoms with Gasteiger partial charge in [0.05, 0.1) is 15.9 Å².